The summed E-state index contributed by atoms with van der Waals surface area (Å²) in [5.41, 5.74) is 0.381. The van der Waals surface area contributed by atoms with Crippen molar-refractivity contribution < 1.29 is 14.6 Å². The van der Waals surface area contributed by atoms with Gasteiger partial charge < -0.3 is 15.2 Å². The average Bonchev–Trinajstić information content (AvgIpc) is 2.87. The number of carboxylic acids is 1. The van der Waals surface area contributed by atoms with Gasteiger partial charge in [-0.3, -0.25) is 4.79 Å². The smallest absolute Gasteiger partial charge is 0.323 e. The van der Waals surface area contributed by atoms with Gasteiger partial charge in [0.25, 0.3) is 0 Å². The highest BCUT2D eigenvalue weighted by Gasteiger charge is 2.40. The van der Waals surface area contributed by atoms with Crippen LogP contribution in [0.2, 0.25) is 0 Å². The molecule has 2 N–H and O–H groups in total. The third kappa shape index (κ3) is 2.64. The standard InChI is InChI=1S/C14H19NO3/c1-18-12-5-2-4-11(10-12)6-8-14(13(16)17)7-3-9-15-14/h2,4-5,10,15H,3,6-9H2,1H3,(H,16,17). The van der Waals surface area contributed by atoms with E-state index < -0.39 is 11.5 Å². The Kier molecular flexibility index (Phi) is 3.87. The van der Waals surface area contributed by atoms with E-state index >= 15 is 0 Å². The van der Waals surface area contributed by atoms with Crippen molar-refractivity contribution in [2.75, 3.05) is 13.7 Å². The van der Waals surface area contributed by atoms with Gasteiger partial charge >= 0.3 is 5.97 Å². The Hall–Kier alpha value is -1.55. The van der Waals surface area contributed by atoms with Crippen LogP contribution in [0.3, 0.4) is 0 Å². The van der Waals surface area contributed by atoms with E-state index in [4.69, 9.17) is 4.74 Å². The van der Waals surface area contributed by atoms with Crippen LogP contribution in [-0.4, -0.2) is 30.3 Å². The van der Waals surface area contributed by atoms with Gasteiger partial charge in [-0.2, -0.15) is 0 Å². The minimum atomic E-state index is -0.733. The van der Waals surface area contributed by atoms with E-state index in [1.165, 1.54) is 0 Å². The number of hydrogen-bond acceptors (Lipinski definition) is 3. The second kappa shape index (κ2) is 5.40. The molecule has 1 aromatic carbocycles. The summed E-state index contributed by atoms with van der Waals surface area (Å²) in [6, 6.07) is 7.80. The van der Waals surface area contributed by atoms with Gasteiger partial charge in [-0.25, -0.2) is 0 Å². The van der Waals surface area contributed by atoms with E-state index in [0.717, 1.165) is 30.7 Å². The molecule has 0 saturated carbocycles. The molecule has 1 unspecified atom stereocenters. The third-order valence-corrected chi connectivity index (χ3v) is 3.63. The van der Waals surface area contributed by atoms with Crippen molar-refractivity contribution in [3.05, 3.63) is 29.8 Å². The van der Waals surface area contributed by atoms with Gasteiger partial charge in [0.15, 0.2) is 0 Å². The second-order valence-electron chi connectivity index (χ2n) is 4.77. The number of benzene rings is 1. The predicted octanol–water partition coefficient (Wildman–Crippen LogP) is 1.83. The van der Waals surface area contributed by atoms with Crippen LogP contribution in [0.4, 0.5) is 0 Å². The fourth-order valence-electron chi connectivity index (χ4n) is 2.49. The van der Waals surface area contributed by atoms with Crippen LogP contribution in [0.5, 0.6) is 5.75 Å². The summed E-state index contributed by atoms with van der Waals surface area (Å²) in [7, 11) is 1.64. The molecule has 2 rings (SSSR count). The summed E-state index contributed by atoms with van der Waals surface area (Å²) in [6.07, 6.45) is 3.02. The first-order chi connectivity index (χ1) is 8.66. The number of aryl methyl sites for hydroxylation is 1. The normalized spacial score (nSPS) is 22.9. The first-order valence-electron chi connectivity index (χ1n) is 6.28. The van der Waals surface area contributed by atoms with Crippen LogP contribution in [0.1, 0.15) is 24.8 Å². The lowest BCUT2D eigenvalue weighted by Crippen LogP contribution is -2.47. The third-order valence-electron chi connectivity index (χ3n) is 3.63. The van der Waals surface area contributed by atoms with E-state index in [0.29, 0.717) is 12.8 Å². The lowest BCUT2D eigenvalue weighted by Gasteiger charge is -2.24. The van der Waals surface area contributed by atoms with Crippen LogP contribution in [0, 0.1) is 0 Å². The highest BCUT2D eigenvalue weighted by molar-refractivity contribution is 5.79. The molecule has 0 aromatic heterocycles. The molecule has 0 bridgehead atoms. The number of ether oxygens (including phenoxy) is 1. The number of carbonyl (C=O) groups is 1. The van der Waals surface area contributed by atoms with Gasteiger partial charge in [0.2, 0.25) is 0 Å². The first kappa shape index (κ1) is 12.9. The fourth-order valence-corrected chi connectivity index (χ4v) is 2.49. The Balaban J connectivity index is 2.03. The Morgan fingerprint density at radius 1 is 1.56 bits per heavy atom. The zero-order chi connectivity index (χ0) is 13.0. The van der Waals surface area contributed by atoms with E-state index in [1.54, 1.807) is 7.11 Å². The Bertz CT molecular complexity index is 425. The van der Waals surface area contributed by atoms with Crippen LogP contribution in [-0.2, 0) is 11.2 Å². The monoisotopic (exact) mass is 249 g/mol. The molecule has 0 aliphatic carbocycles. The molecule has 1 atom stereocenters. The zero-order valence-corrected chi connectivity index (χ0v) is 10.6. The molecule has 1 heterocycles. The summed E-state index contributed by atoms with van der Waals surface area (Å²) in [5.74, 6) is 0.0825. The fraction of sp³-hybridized carbons (Fsp3) is 0.500. The van der Waals surface area contributed by atoms with E-state index in [-0.39, 0.29) is 0 Å². The van der Waals surface area contributed by atoms with Crippen molar-refractivity contribution in [1.29, 1.82) is 0 Å². The number of carboxylic acid groups (broad SMARTS) is 1. The highest BCUT2D eigenvalue weighted by atomic mass is 16.5. The largest absolute Gasteiger partial charge is 0.497 e. The number of nitrogens with one attached hydrogen (secondary N) is 1. The molecular formula is C14H19NO3. The van der Waals surface area contributed by atoms with Crippen LogP contribution >= 0.6 is 0 Å². The average molecular weight is 249 g/mol. The van der Waals surface area contributed by atoms with E-state index in [9.17, 15) is 9.90 Å². The van der Waals surface area contributed by atoms with Gasteiger partial charge in [0.1, 0.15) is 11.3 Å². The molecule has 1 aromatic rings. The van der Waals surface area contributed by atoms with Gasteiger partial charge in [0.05, 0.1) is 7.11 Å². The molecule has 1 saturated heterocycles. The minimum absolute atomic E-state index is 0.621. The summed E-state index contributed by atoms with van der Waals surface area (Å²) in [5, 5.41) is 12.5. The van der Waals surface area contributed by atoms with Crippen molar-refractivity contribution in [1.82, 2.24) is 5.32 Å². The van der Waals surface area contributed by atoms with Gasteiger partial charge in [-0.05, 0) is 49.9 Å². The van der Waals surface area contributed by atoms with Crippen molar-refractivity contribution in [2.24, 2.45) is 0 Å². The highest BCUT2D eigenvalue weighted by Crippen LogP contribution is 2.26. The van der Waals surface area contributed by atoms with Crippen LogP contribution in [0.25, 0.3) is 0 Å². The molecule has 0 amide bonds. The molecule has 4 nitrogen and oxygen atoms in total. The zero-order valence-electron chi connectivity index (χ0n) is 10.6. The van der Waals surface area contributed by atoms with Gasteiger partial charge in [-0.1, -0.05) is 12.1 Å². The molecule has 18 heavy (non-hydrogen) atoms. The van der Waals surface area contributed by atoms with Crippen molar-refractivity contribution in [2.45, 2.75) is 31.2 Å². The quantitative estimate of drug-likeness (QED) is 0.836. The maximum atomic E-state index is 11.4. The molecule has 1 fully saturated rings. The topological polar surface area (TPSA) is 58.6 Å². The Labute approximate surface area is 107 Å². The van der Waals surface area contributed by atoms with Crippen molar-refractivity contribution in [3.63, 3.8) is 0 Å². The van der Waals surface area contributed by atoms with Gasteiger partial charge in [-0.15, -0.1) is 0 Å². The number of hydrogen-bond donors (Lipinski definition) is 2. The summed E-state index contributed by atoms with van der Waals surface area (Å²) in [4.78, 5) is 11.4. The summed E-state index contributed by atoms with van der Waals surface area (Å²) in [6.45, 7) is 0.796. The molecular weight excluding hydrogens is 230 g/mol. The summed E-state index contributed by atoms with van der Waals surface area (Å²) < 4.78 is 5.17. The second-order valence-corrected chi connectivity index (χ2v) is 4.77. The van der Waals surface area contributed by atoms with E-state index in [2.05, 4.69) is 5.32 Å². The molecule has 1 aliphatic rings. The molecule has 1 aliphatic heterocycles. The first-order valence-corrected chi connectivity index (χ1v) is 6.28. The maximum absolute atomic E-state index is 11.4. The molecule has 0 radical (unpaired) electrons. The van der Waals surface area contributed by atoms with Crippen molar-refractivity contribution in [3.8, 4) is 5.75 Å². The summed E-state index contributed by atoms with van der Waals surface area (Å²) >= 11 is 0. The lowest BCUT2D eigenvalue weighted by molar-refractivity contribution is -0.144. The van der Waals surface area contributed by atoms with Crippen molar-refractivity contribution >= 4 is 5.97 Å². The molecule has 0 spiro atoms. The van der Waals surface area contributed by atoms with Gasteiger partial charge in [0, 0.05) is 0 Å². The predicted molar refractivity (Wildman–Crippen MR) is 68.9 cm³/mol. The number of methoxy groups -OCH3 is 1. The van der Waals surface area contributed by atoms with Crippen LogP contribution in [0.15, 0.2) is 24.3 Å². The number of aliphatic carboxylic acids is 1. The van der Waals surface area contributed by atoms with E-state index in [1.807, 2.05) is 24.3 Å². The Morgan fingerprint density at radius 3 is 3.00 bits per heavy atom. The SMILES string of the molecule is COc1cccc(CCC2(C(=O)O)CCCN2)c1. The van der Waals surface area contributed by atoms with Crippen LogP contribution < -0.4 is 10.1 Å². The molecule has 98 valence electrons. The number of rotatable bonds is 5. The Morgan fingerprint density at radius 2 is 2.39 bits per heavy atom. The lowest BCUT2D eigenvalue weighted by atomic mass is 9.90. The molecule has 4 heteroatoms. The minimum Gasteiger partial charge on any atom is -0.497 e. The maximum Gasteiger partial charge on any atom is 0.323 e.